The van der Waals surface area contributed by atoms with Crippen molar-refractivity contribution in [2.75, 3.05) is 25.1 Å². The summed E-state index contributed by atoms with van der Waals surface area (Å²) in [6.07, 6.45) is 0.266. The van der Waals surface area contributed by atoms with Gasteiger partial charge in [0.25, 0.3) is 0 Å². The Hall–Kier alpha value is -0.650. The van der Waals surface area contributed by atoms with Gasteiger partial charge in [-0.05, 0) is 48.0 Å². The number of likely N-dealkylation sites (N-methyl/N-ethyl adjacent to an activating group) is 1. The quantitative estimate of drug-likeness (QED) is 0.814. The molecule has 0 aliphatic rings. The van der Waals surface area contributed by atoms with Gasteiger partial charge in [0.05, 0.1) is 12.7 Å². The molecule has 0 unspecified atom stereocenters. The maximum atomic E-state index is 5.62. The van der Waals surface area contributed by atoms with Gasteiger partial charge in [-0.15, -0.1) is 0 Å². The standard InChI is InChI=1S/C13H19BrN2OS/c1-9(2)17-7-6-16(3)10-4-5-11(13(15)18)12(14)8-10/h4-5,8-9H,6-7H2,1-3H3,(H2,15,18). The van der Waals surface area contributed by atoms with Crippen molar-refractivity contribution >= 4 is 38.8 Å². The van der Waals surface area contributed by atoms with Crippen LogP contribution in [0.25, 0.3) is 0 Å². The van der Waals surface area contributed by atoms with Crippen LogP contribution in [0.5, 0.6) is 0 Å². The Bertz CT molecular complexity index is 423. The van der Waals surface area contributed by atoms with Crippen molar-refractivity contribution in [3.63, 3.8) is 0 Å². The Morgan fingerprint density at radius 3 is 2.67 bits per heavy atom. The van der Waals surface area contributed by atoms with Crippen molar-refractivity contribution in [3.8, 4) is 0 Å². The van der Waals surface area contributed by atoms with Crippen LogP contribution in [0.4, 0.5) is 5.69 Å². The maximum Gasteiger partial charge on any atom is 0.105 e. The first-order chi connectivity index (χ1) is 8.41. The summed E-state index contributed by atoms with van der Waals surface area (Å²) in [5, 5.41) is 0. The van der Waals surface area contributed by atoms with E-state index >= 15 is 0 Å². The number of halogens is 1. The number of thiocarbonyl (C=S) groups is 1. The lowest BCUT2D eigenvalue weighted by molar-refractivity contribution is 0.0846. The molecule has 0 aliphatic heterocycles. The lowest BCUT2D eigenvalue weighted by atomic mass is 10.2. The van der Waals surface area contributed by atoms with Gasteiger partial charge in [-0.3, -0.25) is 0 Å². The normalized spacial score (nSPS) is 10.7. The average Bonchev–Trinajstić information content (AvgIpc) is 2.27. The first-order valence-corrected chi connectivity index (χ1v) is 7.04. The van der Waals surface area contributed by atoms with Crippen molar-refractivity contribution in [1.29, 1.82) is 0 Å². The van der Waals surface area contributed by atoms with Gasteiger partial charge in [-0.25, -0.2) is 0 Å². The molecule has 0 aromatic heterocycles. The zero-order valence-corrected chi connectivity index (χ0v) is 13.3. The summed E-state index contributed by atoms with van der Waals surface area (Å²) in [6, 6.07) is 5.96. The van der Waals surface area contributed by atoms with Crippen molar-refractivity contribution in [2.24, 2.45) is 5.73 Å². The molecule has 0 bridgehead atoms. The van der Waals surface area contributed by atoms with E-state index in [4.69, 9.17) is 22.7 Å². The topological polar surface area (TPSA) is 38.5 Å². The van der Waals surface area contributed by atoms with Crippen LogP contribution in [-0.4, -0.2) is 31.3 Å². The van der Waals surface area contributed by atoms with Gasteiger partial charge in [0.2, 0.25) is 0 Å². The van der Waals surface area contributed by atoms with Crippen molar-refractivity contribution in [3.05, 3.63) is 28.2 Å². The molecular formula is C13H19BrN2OS. The van der Waals surface area contributed by atoms with Crippen LogP contribution in [-0.2, 0) is 4.74 Å². The van der Waals surface area contributed by atoms with Gasteiger partial charge in [-0.2, -0.15) is 0 Å². The van der Waals surface area contributed by atoms with E-state index in [1.807, 2.05) is 39.1 Å². The lowest BCUT2D eigenvalue weighted by Crippen LogP contribution is -2.24. The van der Waals surface area contributed by atoms with Gasteiger partial charge in [0.15, 0.2) is 0 Å². The fourth-order valence-electron chi connectivity index (χ4n) is 1.50. The second kappa shape index (κ2) is 7.07. The van der Waals surface area contributed by atoms with Gasteiger partial charge in [0, 0.05) is 29.3 Å². The van der Waals surface area contributed by atoms with Crippen LogP contribution >= 0.6 is 28.1 Å². The minimum atomic E-state index is 0.266. The molecule has 0 saturated carbocycles. The number of nitrogens with zero attached hydrogens (tertiary/aromatic N) is 1. The van der Waals surface area contributed by atoms with Crippen LogP contribution in [0.15, 0.2) is 22.7 Å². The van der Waals surface area contributed by atoms with Gasteiger partial charge in [-0.1, -0.05) is 12.2 Å². The molecule has 0 heterocycles. The van der Waals surface area contributed by atoms with E-state index in [9.17, 15) is 0 Å². The number of nitrogens with two attached hydrogens (primary N) is 1. The number of anilines is 1. The van der Waals surface area contributed by atoms with E-state index < -0.39 is 0 Å². The predicted molar refractivity (Wildman–Crippen MR) is 84.4 cm³/mol. The van der Waals surface area contributed by atoms with Gasteiger partial charge >= 0.3 is 0 Å². The Labute approximate surface area is 122 Å². The predicted octanol–water partition coefficient (Wildman–Crippen LogP) is 2.94. The molecule has 2 N–H and O–H groups in total. The molecule has 18 heavy (non-hydrogen) atoms. The smallest absolute Gasteiger partial charge is 0.105 e. The minimum Gasteiger partial charge on any atom is -0.389 e. The van der Waals surface area contributed by atoms with Crippen LogP contribution in [0.1, 0.15) is 19.4 Å². The van der Waals surface area contributed by atoms with E-state index in [1.165, 1.54) is 0 Å². The molecule has 0 aliphatic carbocycles. The molecule has 1 aromatic rings. The van der Waals surface area contributed by atoms with E-state index in [0.717, 1.165) is 22.3 Å². The second-order valence-corrected chi connectivity index (χ2v) is 5.66. The summed E-state index contributed by atoms with van der Waals surface area (Å²) in [5.41, 5.74) is 7.59. The highest BCUT2D eigenvalue weighted by Crippen LogP contribution is 2.23. The van der Waals surface area contributed by atoms with Crippen molar-refractivity contribution < 1.29 is 4.74 Å². The highest BCUT2D eigenvalue weighted by Gasteiger charge is 2.07. The SMILES string of the molecule is CC(C)OCCN(C)c1ccc(C(N)=S)c(Br)c1. The summed E-state index contributed by atoms with van der Waals surface area (Å²) in [4.78, 5) is 2.54. The molecule has 0 fully saturated rings. The van der Waals surface area contributed by atoms with Crippen LogP contribution < -0.4 is 10.6 Å². The number of hydrogen-bond donors (Lipinski definition) is 1. The largest absolute Gasteiger partial charge is 0.389 e. The molecule has 3 nitrogen and oxygen atoms in total. The zero-order valence-electron chi connectivity index (χ0n) is 10.9. The molecule has 1 rings (SSSR count). The fraction of sp³-hybridized carbons (Fsp3) is 0.462. The Balaban J connectivity index is 2.66. The third-order valence-electron chi connectivity index (χ3n) is 2.54. The van der Waals surface area contributed by atoms with Gasteiger partial charge < -0.3 is 15.4 Å². The molecule has 0 spiro atoms. The number of ether oxygens (including phenoxy) is 1. The van der Waals surface area contributed by atoms with Crippen LogP contribution in [0.2, 0.25) is 0 Å². The molecule has 1 aromatic carbocycles. The van der Waals surface area contributed by atoms with Crippen LogP contribution in [0, 0.1) is 0 Å². The van der Waals surface area contributed by atoms with E-state index in [2.05, 4.69) is 20.8 Å². The summed E-state index contributed by atoms with van der Waals surface area (Å²) < 4.78 is 6.45. The summed E-state index contributed by atoms with van der Waals surface area (Å²) in [6.45, 7) is 5.63. The van der Waals surface area contributed by atoms with Gasteiger partial charge in [0.1, 0.15) is 4.99 Å². The monoisotopic (exact) mass is 330 g/mol. The molecular weight excluding hydrogens is 312 g/mol. The number of rotatable bonds is 6. The first kappa shape index (κ1) is 15.4. The fourth-order valence-corrected chi connectivity index (χ4v) is 2.39. The Kier molecular flexibility index (Phi) is 6.05. The summed E-state index contributed by atoms with van der Waals surface area (Å²) in [7, 11) is 2.03. The number of benzene rings is 1. The summed E-state index contributed by atoms with van der Waals surface area (Å²) in [5.74, 6) is 0. The molecule has 0 amide bonds. The molecule has 0 radical (unpaired) electrons. The second-order valence-electron chi connectivity index (χ2n) is 4.37. The van der Waals surface area contributed by atoms with E-state index in [0.29, 0.717) is 11.6 Å². The number of hydrogen-bond acceptors (Lipinski definition) is 3. The third-order valence-corrected chi connectivity index (χ3v) is 3.41. The highest BCUT2D eigenvalue weighted by atomic mass is 79.9. The van der Waals surface area contributed by atoms with E-state index in [-0.39, 0.29) is 6.10 Å². The minimum absolute atomic E-state index is 0.266. The van der Waals surface area contributed by atoms with Crippen LogP contribution in [0.3, 0.4) is 0 Å². The average molecular weight is 331 g/mol. The lowest BCUT2D eigenvalue weighted by Gasteiger charge is -2.21. The molecule has 0 atom stereocenters. The molecule has 100 valence electrons. The van der Waals surface area contributed by atoms with Crippen molar-refractivity contribution in [2.45, 2.75) is 20.0 Å². The van der Waals surface area contributed by atoms with Crippen molar-refractivity contribution in [1.82, 2.24) is 0 Å². The summed E-state index contributed by atoms with van der Waals surface area (Å²) >= 11 is 8.45. The first-order valence-electron chi connectivity index (χ1n) is 5.84. The van der Waals surface area contributed by atoms with E-state index in [1.54, 1.807) is 0 Å². The molecule has 5 heteroatoms. The maximum absolute atomic E-state index is 5.62. The Morgan fingerprint density at radius 1 is 1.50 bits per heavy atom. The molecule has 0 saturated heterocycles. The Morgan fingerprint density at radius 2 is 2.17 bits per heavy atom. The third kappa shape index (κ3) is 4.55. The highest BCUT2D eigenvalue weighted by molar-refractivity contribution is 9.10. The zero-order chi connectivity index (χ0) is 13.7.